The first-order chi connectivity index (χ1) is 11.2. The predicted octanol–water partition coefficient (Wildman–Crippen LogP) is 2.00. The predicted molar refractivity (Wildman–Crippen MR) is 88.3 cm³/mol. The summed E-state index contributed by atoms with van der Waals surface area (Å²) in [5.41, 5.74) is 0.815. The topological polar surface area (TPSA) is 100 Å². The van der Waals surface area contributed by atoms with Crippen molar-refractivity contribution in [1.82, 2.24) is 35.1 Å². The number of nitrogens with zero attached hydrogens (tertiary/aromatic N) is 7. The Hall–Kier alpha value is -2.13. The molecule has 0 aliphatic carbocycles. The number of nitrogen functional groups attached to an aromatic ring is 1. The second kappa shape index (κ2) is 6.97. The highest BCUT2D eigenvalue weighted by molar-refractivity contribution is 7.98. The quantitative estimate of drug-likeness (QED) is 0.536. The molecule has 120 valence electrons. The van der Waals surface area contributed by atoms with Crippen molar-refractivity contribution >= 4 is 23.4 Å². The van der Waals surface area contributed by atoms with Crippen molar-refractivity contribution in [3.8, 4) is 11.4 Å². The molecule has 2 heterocycles. The number of aryl methyl sites for hydroxylation is 1. The monoisotopic (exact) mass is 350 g/mol. The molecule has 0 unspecified atom stereocenters. The zero-order valence-corrected chi connectivity index (χ0v) is 14.0. The van der Waals surface area contributed by atoms with E-state index in [0.29, 0.717) is 21.8 Å². The maximum absolute atomic E-state index is 6.09. The molecule has 0 amide bonds. The summed E-state index contributed by atoms with van der Waals surface area (Å²) in [6.45, 7) is 2.86. The molecule has 0 aliphatic rings. The van der Waals surface area contributed by atoms with Crippen molar-refractivity contribution in [3.63, 3.8) is 0 Å². The fourth-order valence-electron chi connectivity index (χ4n) is 2.04. The van der Waals surface area contributed by atoms with Gasteiger partial charge in [0.1, 0.15) is 0 Å². The van der Waals surface area contributed by atoms with E-state index in [2.05, 4.69) is 32.6 Å². The van der Waals surface area contributed by atoms with E-state index in [1.165, 1.54) is 16.4 Å². The molecule has 3 aromatic rings. The largest absolute Gasteiger partial charge is 0.335 e. The molecule has 1 aromatic carbocycles. The Bertz CT molecular complexity index is 799. The molecule has 23 heavy (non-hydrogen) atoms. The van der Waals surface area contributed by atoms with Crippen molar-refractivity contribution in [2.75, 3.05) is 5.84 Å². The first-order valence-corrected chi connectivity index (χ1v) is 8.39. The van der Waals surface area contributed by atoms with Gasteiger partial charge < -0.3 is 5.84 Å². The second-order valence-corrected chi connectivity index (χ2v) is 6.17. The zero-order valence-electron chi connectivity index (χ0n) is 12.4. The van der Waals surface area contributed by atoms with Gasteiger partial charge in [0.2, 0.25) is 5.16 Å². The van der Waals surface area contributed by atoms with Crippen molar-refractivity contribution in [1.29, 1.82) is 0 Å². The van der Waals surface area contributed by atoms with Gasteiger partial charge in [-0.3, -0.25) is 0 Å². The molecule has 8 nitrogen and oxygen atoms in total. The van der Waals surface area contributed by atoms with Crippen LogP contribution >= 0.6 is 23.4 Å². The van der Waals surface area contributed by atoms with Gasteiger partial charge in [-0.05, 0) is 29.0 Å². The van der Waals surface area contributed by atoms with Gasteiger partial charge in [0.15, 0.2) is 11.6 Å². The molecule has 2 aromatic heterocycles. The van der Waals surface area contributed by atoms with Crippen molar-refractivity contribution in [2.24, 2.45) is 0 Å². The third-order valence-electron chi connectivity index (χ3n) is 3.12. The van der Waals surface area contributed by atoms with Gasteiger partial charge in [-0.25, -0.2) is 9.36 Å². The van der Waals surface area contributed by atoms with Crippen molar-refractivity contribution in [3.05, 3.63) is 35.1 Å². The first-order valence-electron chi connectivity index (χ1n) is 7.03. The number of aromatic nitrogens is 7. The van der Waals surface area contributed by atoms with Gasteiger partial charge in [0, 0.05) is 17.1 Å². The molecule has 0 bridgehead atoms. The fourth-order valence-corrected chi connectivity index (χ4v) is 3.02. The molecule has 0 saturated carbocycles. The number of nitrogens with two attached hydrogens (primary N) is 1. The second-order valence-electron chi connectivity index (χ2n) is 4.79. The van der Waals surface area contributed by atoms with E-state index in [-0.39, 0.29) is 0 Å². The average Bonchev–Trinajstić information content (AvgIpc) is 3.12. The zero-order chi connectivity index (χ0) is 16.2. The Labute approximate surface area is 142 Å². The van der Waals surface area contributed by atoms with Crippen LogP contribution in [-0.2, 0) is 12.3 Å². The summed E-state index contributed by atoms with van der Waals surface area (Å²) in [6, 6.07) is 7.32. The van der Waals surface area contributed by atoms with Crippen LogP contribution in [0.15, 0.2) is 29.4 Å². The van der Waals surface area contributed by atoms with E-state index in [1.807, 2.05) is 12.1 Å². The number of thioether (sulfide) groups is 1. The molecular weight excluding hydrogens is 336 g/mol. The lowest BCUT2D eigenvalue weighted by molar-refractivity contribution is 0.564. The average molecular weight is 351 g/mol. The van der Waals surface area contributed by atoms with Crippen LogP contribution in [0.5, 0.6) is 0 Å². The van der Waals surface area contributed by atoms with Gasteiger partial charge in [0.05, 0.1) is 5.75 Å². The summed E-state index contributed by atoms with van der Waals surface area (Å²) in [5.74, 6) is 8.00. The van der Waals surface area contributed by atoms with Gasteiger partial charge >= 0.3 is 0 Å². The molecule has 0 radical (unpaired) electrons. The Kier molecular flexibility index (Phi) is 4.77. The maximum atomic E-state index is 6.09. The number of halogens is 1. The molecular formula is C13H15ClN8S. The lowest BCUT2D eigenvalue weighted by Gasteiger charge is -2.04. The molecule has 0 spiro atoms. The minimum absolute atomic E-state index is 0.558. The minimum Gasteiger partial charge on any atom is -0.335 e. The molecule has 0 saturated heterocycles. The number of tetrazole rings is 1. The van der Waals surface area contributed by atoms with E-state index in [4.69, 9.17) is 17.4 Å². The van der Waals surface area contributed by atoms with E-state index >= 15 is 0 Å². The molecule has 0 fully saturated rings. The minimum atomic E-state index is 0.558. The van der Waals surface area contributed by atoms with Crippen LogP contribution in [0.4, 0.5) is 0 Å². The van der Waals surface area contributed by atoms with Crippen LogP contribution in [0.25, 0.3) is 11.4 Å². The Morgan fingerprint density at radius 2 is 2.13 bits per heavy atom. The third-order valence-corrected chi connectivity index (χ3v) is 4.29. The van der Waals surface area contributed by atoms with Crippen LogP contribution in [-0.4, -0.2) is 35.1 Å². The fraction of sp³-hybridized carbons (Fsp3) is 0.308. The van der Waals surface area contributed by atoms with E-state index in [0.717, 1.165) is 24.4 Å². The van der Waals surface area contributed by atoms with Gasteiger partial charge in [-0.15, -0.1) is 15.3 Å². The standard InChI is InChI=1S/C13H15ClN8S/c1-2-6-21-11(16-19-20-21)8-23-13-18-17-12(22(13)15)9-4-3-5-10(14)7-9/h3-5,7H,2,6,8,15H2,1H3. The first kappa shape index (κ1) is 15.8. The Morgan fingerprint density at radius 1 is 1.26 bits per heavy atom. The third kappa shape index (κ3) is 3.45. The molecule has 0 aliphatic heterocycles. The lowest BCUT2D eigenvalue weighted by atomic mass is 10.2. The summed E-state index contributed by atoms with van der Waals surface area (Å²) in [5, 5.41) is 21.2. The van der Waals surface area contributed by atoms with Gasteiger partial charge in [-0.2, -0.15) is 0 Å². The molecule has 10 heteroatoms. The summed E-state index contributed by atoms with van der Waals surface area (Å²) in [4.78, 5) is 0. The number of hydrogen-bond donors (Lipinski definition) is 1. The highest BCUT2D eigenvalue weighted by Crippen LogP contribution is 2.25. The Balaban J connectivity index is 1.76. The molecule has 0 atom stereocenters. The SMILES string of the molecule is CCCn1nnnc1CSc1nnc(-c2cccc(Cl)c2)n1N. The van der Waals surface area contributed by atoms with E-state index in [9.17, 15) is 0 Å². The van der Waals surface area contributed by atoms with E-state index in [1.54, 1.807) is 16.8 Å². The van der Waals surface area contributed by atoms with Crippen molar-refractivity contribution < 1.29 is 0 Å². The van der Waals surface area contributed by atoms with Crippen LogP contribution in [0.2, 0.25) is 5.02 Å². The van der Waals surface area contributed by atoms with Crippen molar-refractivity contribution in [2.45, 2.75) is 30.8 Å². The molecule has 3 rings (SSSR count). The summed E-state index contributed by atoms with van der Waals surface area (Å²) < 4.78 is 3.23. The summed E-state index contributed by atoms with van der Waals surface area (Å²) in [6.07, 6.45) is 0.967. The highest BCUT2D eigenvalue weighted by atomic mass is 35.5. The van der Waals surface area contributed by atoms with Gasteiger partial charge in [0.25, 0.3) is 0 Å². The van der Waals surface area contributed by atoms with E-state index < -0.39 is 0 Å². The normalized spacial score (nSPS) is 11.0. The maximum Gasteiger partial charge on any atom is 0.210 e. The molecule has 2 N–H and O–H groups in total. The van der Waals surface area contributed by atoms with Gasteiger partial charge in [-0.1, -0.05) is 42.4 Å². The van der Waals surface area contributed by atoms with Crippen LogP contribution in [0.3, 0.4) is 0 Å². The van der Waals surface area contributed by atoms with Crippen LogP contribution < -0.4 is 5.84 Å². The highest BCUT2D eigenvalue weighted by Gasteiger charge is 2.14. The number of hydrogen-bond acceptors (Lipinski definition) is 7. The Morgan fingerprint density at radius 3 is 2.91 bits per heavy atom. The summed E-state index contributed by atoms with van der Waals surface area (Å²) >= 11 is 7.43. The number of rotatable bonds is 6. The lowest BCUT2D eigenvalue weighted by Crippen LogP contribution is -2.12. The van der Waals surface area contributed by atoms with Crippen LogP contribution in [0, 0.1) is 0 Å². The van der Waals surface area contributed by atoms with Crippen LogP contribution in [0.1, 0.15) is 19.2 Å². The summed E-state index contributed by atoms with van der Waals surface area (Å²) in [7, 11) is 0. The number of benzene rings is 1. The smallest absolute Gasteiger partial charge is 0.210 e.